The minimum absolute atomic E-state index is 0.0156. The summed E-state index contributed by atoms with van der Waals surface area (Å²) in [6.45, 7) is 4.16. The Labute approximate surface area is 185 Å². The minimum Gasteiger partial charge on any atom is -0.381 e. The quantitative estimate of drug-likeness (QED) is 0.568. The molecule has 1 amide bonds. The summed E-state index contributed by atoms with van der Waals surface area (Å²) in [7, 11) is -3.59. The first-order chi connectivity index (χ1) is 15.0. The predicted octanol–water partition coefficient (Wildman–Crippen LogP) is 3.63. The van der Waals surface area contributed by atoms with Crippen molar-refractivity contribution in [2.45, 2.75) is 50.0 Å². The van der Waals surface area contributed by atoms with Crippen molar-refractivity contribution in [2.75, 3.05) is 26.3 Å². The number of rotatable bonds is 10. The van der Waals surface area contributed by atoms with Crippen LogP contribution in [-0.2, 0) is 21.2 Å². The van der Waals surface area contributed by atoms with Crippen molar-refractivity contribution in [3.63, 3.8) is 0 Å². The lowest BCUT2D eigenvalue weighted by Crippen LogP contribution is -2.42. The Balaban J connectivity index is 1.44. The van der Waals surface area contributed by atoms with Crippen molar-refractivity contribution in [3.8, 4) is 0 Å². The minimum atomic E-state index is -3.59. The second-order valence-corrected chi connectivity index (χ2v) is 9.84. The topological polar surface area (TPSA) is 75.7 Å². The van der Waals surface area contributed by atoms with Crippen LogP contribution in [0, 0.1) is 0 Å². The van der Waals surface area contributed by atoms with E-state index < -0.39 is 10.0 Å². The molecule has 1 fully saturated rings. The SMILES string of the molecule is CC1CCCCN1S(=O)(=O)c1cccc(C(=O)NCCCOCCc2ccccc2)c1. The molecule has 3 rings (SSSR count). The van der Waals surface area contributed by atoms with Gasteiger partial charge in [0, 0.05) is 31.3 Å². The van der Waals surface area contributed by atoms with E-state index in [9.17, 15) is 13.2 Å². The largest absolute Gasteiger partial charge is 0.381 e. The van der Waals surface area contributed by atoms with Gasteiger partial charge in [0.15, 0.2) is 0 Å². The Bertz CT molecular complexity index is 947. The molecule has 0 bridgehead atoms. The third-order valence-corrected chi connectivity index (χ3v) is 7.58. The number of nitrogens with zero attached hydrogens (tertiary/aromatic N) is 1. The lowest BCUT2D eigenvalue weighted by molar-refractivity contribution is 0.0942. The maximum atomic E-state index is 13.0. The van der Waals surface area contributed by atoms with Crippen molar-refractivity contribution < 1.29 is 17.9 Å². The number of ether oxygens (including phenoxy) is 1. The van der Waals surface area contributed by atoms with E-state index in [0.29, 0.717) is 38.3 Å². The normalized spacial score (nSPS) is 17.4. The first-order valence-corrected chi connectivity index (χ1v) is 12.4. The summed E-state index contributed by atoms with van der Waals surface area (Å²) in [6.07, 6.45) is 4.35. The Morgan fingerprint density at radius 2 is 1.90 bits per heavy atom. The van der Waals surface area contributed by atoms with Crippen LogP contribution in [0.15, 0.2) is 59.5 Å². The van der Waals surface area contributed by atoms with E-state index in [0.717, 1.165) is 25.7 Å². The maximum Gasteiger partial charge on any atom is 0.251 e. The molecule has 1 N–H and O–H groups in total. The van der Waals surface area contributed by atoms with Crippen LogP contribution in [0.2, 0.25) is 0 Å². The molecule has 1 aliphatic heterocycles. The van der Waals surface area contributed by atoms with Crippen molar-refractivity contribution in [1.82, 2.24) is 9.62 Å². The van der Waals surface area contributed by atoms with E-state index in [-0.39, 0.29) is 16.8 Å². The molecule has 1 unspecified atom stereocenters. The molecular formula is C24H32N2O4S. The summed E-state index contributed by atoms with van der Waals surface area (Å²) < 4.78 is 33.2. The van der Waals surface area contributed by atoms with Crippen molar-refractivity contribution in [1.29, 1.82) is 0 Å². The summed E-state index contributed by atoms with van der Waals surface area (Å²) in [5, 5.41) is 2.85. The molecule has 0 saturated carbocycles. The van der Waals surface area contributed by atoms with Gasteiger partial charge in [0.05, 0.1) is 11.5 Å². The molecular weight excluding hydrogens is 412 g/mol. The highest BCUT2D eigenvalue weighted by Crippen LogP contribution is 2.25. The van der Waals surface area contributed by atoms with Gasteiger partial charge in [0.2, 0.25) is 10.0 Å². The fourth-order valence-corrected chi connectivity index (χ4v) is 5.52. The van der Waals surface area contributed by atoms with Gasteiger partial charge in [-0.2, -0.15) is 4.31 Å². The van der Waals surface area contributed by atoms with Crippen LogP contribution >= 0.6 is 0 Å². The first-order valence-electron chi connectivity index (χ1n) is 11.0. The molecule has 31 heavy (non-hydrogen) atoms. The van der Waals surface area contributed by atoms with Gasteiger partial charge in [-0.15, -0.1) is 0 Å². The molecule has 1 heterocycles. The molecule has 0 radical (unpaired) electrons. The molecule has 0 aliphatic carbocycles. The Hall–Kier alpha value is -2.22. The lowest BCUT2D eigenvalue weighted by atomic mass is 10.1. The van der Waals surface area contributed by atoms with Crippen molar-refractivity contribution in [3.05, 3.63) is 65.7 Å². The van der Waals surface area contributed by atoms with E-state index in [2.05, 4.69) is 17.4 Å². The van der Waals surface area contributed by atoms with E-state index in [1.165, 1.54) is 11.6 Å². The summed E-state index contributed by atoms with van der Waals surface area (Å²) in [5.41, 5.74) is 1.60. The molecule has 0 spiro atoms. The second-order valence-electron chi connectivity index (χ2n) is 7.95. The van der Waals surface area contributed by atoms with Gasteiger partial charge < -0.3 is 10.1 Å². The van der Waals surface area contributed by atoms with Crippen LogP contribution < -0.4 is 5.32 Å². The number of sulfonamides is 1. The van der Waals surface area contributed by atoms with E-state index in [1.807, 2.05) is 25.1 Å². The maximum absolute atomic E-state index is 13.0. The number of hydrogen-bond donors (Lipinski definition) is 1. The lowest BCUT2D eigenvalue weighted by Gasteiger charge is -2.32. The van der Waals surface area contributed by atoms with Crippen molar-refractivity contribution >= 4 is 15.9 Å². The molecule has 1 saturated heterocycles. The molecule has 2 aromatic carbocycles. The van der Waals surface area contributed by atoms with E-state index in [1.54, 1.807) is 22.5 Å². The number of amides is 1. The third-order valence-electron chi connectivity index (χ3n) is 5.57. The molecule has 1 aliphatic rings. The average molecular weight is 445 g/mol. The highest BCUT2D eigenvalue weighted by atomic mass is 32.2. The zero-order valence-electron chi connectivity index (χ0n) is 18.1. The predicted molar refractivity (Wildman–Crippen MR) is 122 cm³/mol. The van der Waals surface area contributed by atoms with Gasteiger partial charge in [-0.25, -0.2) is 8.42 Å². The molecule has 6 nitrogen and oxygen atoms in total. The fraction of sp³-hybridized carbons (Fsp3) is 0.458. The highest BCUT2D eigenvalue weighted by molar-refractivity contribution is 7.89. The number of piperidine rings is 1. The molecule has 168 valence electrons. The molecule has 2 aromatic rings. The number of hydrogen-bond acceptors (Lipinski definition) is 4. The zero-order chi connectivity index (χ0) is 22.1. The summed E-state index contributed by atoms with van der Waals surface area (Å²) in [6, 6.07) is 16.5. The zero-order valence-corrected chi connectivity index (χ0v) is 18.9. The van der Waals surface area contributed by atoms with Gasteiger partial charge in [-0.3, -0.25) is 4.79 Å². The van der Waals surface area contributed by atoms with Crippen LogP contribution in [0.3, 0.4) is 0 Å². The summed E-state index contributed by atoms with van der Waals surface area (Å²) in [5.74, 6) is -0.270. The van der Waals surface area contributed by atoms with Crippen LogP contribution in [0.1, 0.15) is 48.5 Å². The Morgan fingerprint density at radius 3 is 2.68 bits per heavy atom. The number of carbonyl (C=O) groups excluding carboxylic acids is 1. The van der Waals surface area contributed by atoms with Gasteiger partial charge in [-0.05, 0) is 56.4 Å². The Kier molecular flexibility index (Phi) is 8.63. The summed E-state index contributed by atoms with van der Waals surface area (Å²) in [4.78, 5) is 12.7. The second kappa shape index (κ2) is 11.4. The fourth-order valence-electron chi connectivity index (χ4n) is 3.78. The monoisotopic (exact) mass is 444 g/mol. The molecule has 1 atom stereocenters. The van der Waals surface area contributed by atoms with Crippen LogP contribution in [0.4, 0.5) is 0 Å². The van der Waals surface area contributed by atoms with Crippen LogP contribution in [0.5, 0.6) is 0 Å². The van der Waals surface area contributed by atoms with Gasteiger partial charge in [-0.1, -0.05) is 42.8 Å². The van der Waals surface area contributed by atoms with Gasteiger partial charge in [0.1, 0.15) is 0 Å². The first kappa shape index (κ1) is 23.4. The summed E-state index contributed by atoms with van der Waals surface area (Å²) >= 11 is 0. The molecule has 7 heteroatoms. The van der Waals surface area contributed by atoms with E-state index >= 15 is 0 Å². The van der Waals surface area contributed by atoms with Crippen LogP contribution in [-0.4, -0.2) is 51.0 Å². The van der Waals surface area contributed by atoms with Gasteiger partial charge in [0.25, 0.3) is 5.91 Å². The number of carbonyl (C=O) groups is 1. The standard InChI is InChI=1S/C24H32N2O4S/c1-20-9-5-6-16-26(20)31(28,29)23-13-7-12-22(19-23)24(27)25-15-8-17-30-18-14-21-10-3-2-4-11-21/h2-4,7,10-13,19-20H,5-6,8-9,14-18H2,1H3,(H,25,27). The van der Waals surface area contributed by atoms with Gasteiger partial charge >= 0.3 is 0 Å². The van der Waals surface area contributed by atoms with Crippen molar-refractivity contribution in [2.24, 2.45) is 0 Å². The van der Waals surface area contributed by atoms with Crippen LogP contribution in [0.25, 0.3) is 0 Å². The molecule has 0 aromatic heterocycles. The number of nitrogens with one attached hydrogen (secondary N) is 1. The average Bonchev–Trinajstić information content (AvgIpc) is 2.79. The Morgan fingerprint density at radius 1 is 1.10 bits per heavy atom. The highest BCUT2D eigenvalue weighted by Gasteiger charge is 2.31. The smallest absolute Gasteiger partial charge is 0.251 e. The third kappa shape index (κ3) is 6.63. The number of benzene rings is 2. The van der Waals surface area contributed by atoms with E-state index in [4.69, 9.17) is 4.74 Å².